The Bertz CT molecular complexity index is 1230. The fraction of sp³-hybridized carbons (Fsp3) is 0.280. The highest BCUT2D eigenvalue weighted by Crippen LogP contribution is 2.33. The summed E-state index contributed by atoms with van der Waals surface area (Å²) in [7, 11) is 0. The van der Waals surface area contributed by atoms with E-state index >= 15 is 0 Å². The van der Waals surface area contributed by atoms with E-state index in [4.69, 9.17) is 15.0 Å². The van der Waals surface area contributed by atoms with Crippen LogP contribution in [0.3, 0.4) is 0 Å². The quantitative estimate of drug-likeness (QED) is 0.411. The van der Waals surface area contributed by atoms with Crippen LogP contribution in [0, 0.1) is 0 Å². The highest BCUT2D eigenvalue weighted by Gasteiger charge is 2.21. The Morgan fingerprint density at radius 3 is 2.58 bits per heavy atom. The molecule has 6 nitrogen and oxygen atoms in total. The van der Waals surface area contributed by atoms with Gasteiger partial charge in [0.2, 0.25) is 0 Å². The van der Waals surface area contributed by atoms with Gasteiger partial charge in [-0.05, 0) is 38.0 Å². The number of nitrogens with zero attached hydrogens (tertiary/aromatic N) is 4. The lowest BCUT2D eigenvalue weighted by atomic mass is 9.95. The number of nitrogens with one attached hydrogen (secondary N) is 1. The topological polar surface area (TPSA) is 72.7 Å². The molecule has 0 aliphatic heterocycles. The highest BCUT2D eigenvalue weighted by atomic mass is 16.1. The summed E-state index contributed by atoms with van der Waals surface area (Å²) in [5.74, 6) is 1.29. The zero-order valence-electron chi connectivity index (χ0n) is 17.6. The van der Waals surface area contributed by atoms with Gasteiger partial charge < -0.3 is 9.88 Å². The molecule has 1 saturated carbocycles. The Hall–Kier alpha value is -3.54. The van der Waals surface area contributed by atoms with Crippen LogP contribution in [0.15, 0.2) is 60.9 Å². The number of para-hydroxylation sites is 1. The number of aromatic nitrogens is 4. The third-order valence-electron chi connectivity index (χ3n) is 5.95. The van der Waals surface area contributed by atoms with Gasteiger partial charge in [0, 0.05) is 22.9 Å². The Morgan fingerprint density at radius 1 is 1.00 bits per heavy atom. The van der Waals surface area contributed by atoms with E-state index in [0.29, 0.717) is 23.2 Å². The van der Waals surface area contributed by atoms with Crippen molar-refractivity contribution in [1.82, 2.24) is 19.5 Å². The average molecular weight is 412 g/mol. The smallest absolute Gasteiger partial charge is 0.166 e. The normalized spacial score (nSPS) is 14.6. The fourth-order valence-corrected chi connectivity index (χ4v) is 4.29. The predicted molar refractivity (Wildman–Crippen MR) is 123 cm³/mol. The molecule has 5 rings (SSSR count). The van der Waals surface area contributed by atoms with Crippen molar-refractivity contribution in [2.24, 2.45) is 0 Å². The van der Waals surface area contributed by atoms with Gasteiger partial charge in [0.05, 0.1) is 6.33 Å². The molecule has 0 saturated heterocycles. The molecule has 2 aromatic carbocycles. The molecule has 0 amide bonds. The van der Waals surface area contributed by atoms with Gasteiger partial charge in [-0.25, -0.2) is 15.0 Å². The largest absolute Gasteiger partial charge is 0.338 e. The minimum absolute atomic E-state index is 0.0257. The molecule has 0 bridgehead atoms. The van der Waals surface area contributed by atoms with E-state index in [0.717, 1.165) is 35.3 Å². The number of hydrogen-bond acceptors (Lipinski definition) is 5. The van der Waals surface area contributed by atoms with Crippen LogP contribution < -0.4 is 5.32 Å². The first-order valence-corrected chi connectivity index (χ1v) is 10.9. The van der Waals surface area contributed by atoms with E-state index in [2.05, 4.69) is 9.88 Å². The zero-order chi connectivity index (χ0) is 21.2. The number of anilines is 2. The minimum atomic E-state index is 0.0257. The summed E-state index contributed by atoms with van der Waals surface area (Å²) in [5, 5.41) is 3.42. The molecular weight excluding hydrogens is 386 g/mol. The lowest BCUT2D eigenvalue weighted by Crippen LogP contribution is -2.12. The van der Waals surface area contributed by atoms with E-state index in [-0.39, 0.29) is 5.78 Å². The number of carbonyl (C=O) groups is 1. The summed E-state index contributed by atoms with van der Waals surface area (Å²) in [6, 6.07) is 17.9. The summed E-state index contributed by atoms with van der Waals surface area (Å²) < 4.78 is 2.21. The fourth-order valence-electron chi connectivity index (χ4n) is 4.29. The van der Waals surface area contributed by atoms with Crippen molar-refractivity contribution in [3.63, 3.8) is 0 Å². The first-order chi connectivity index (χ1) is 15.2. The van der Waals surface area contributed by atoms with Crippen LogP contribution in [0.2, 0.25) is 0 Å². The molecule has 1 aliphatic rings. The second-order valence-electron chi connectivity index (χ2n) is 8.14. The Morgan fingerprint density at radius 2 is 1.81 bits per heavy atom. The monoisotopic (exact) mass is 411 g/mol. The zero-order valence-corrected chi connectivity index (χ0v) is 17.6. The molecule has 1 N–H and O–H groups in total. The van der Waals surface area contributed by atoms with Crippen molar-refractivity contribution in [3.05, 3.63) is 66.5 Å². The van der Waals surface area contributed by atoms with E-state index in [1.807, 2.05) is 60.9 Å². The van der Waals surface area contributed by atoms with Gasteiger partial charge in [0.15, 0.2) is 28.6 Å². The summed E-state index contributed by atoms with van der Waals surface area (Å²) >= 11 is 0. The SMILES string of the molecule is CC(=O)c1cccc(-c2nc(Nc3ccccc3)c3ncn(C4CCCCC4)c3n2)c1. The second-order valence-corrected chi connectivity index (χ2v) is 8.14. The second kappa shape index (κ2) is 8.30. The summed E-state index contributed by atoms with van der Waals surface area (Å²) in [4.78, 5) is 26.3. The van der Waals surface area contributed by atoms with E-state index in [1.165, 1.54) is 19.3 Å². The number of Topliss-reactive ketones (excluding diaryl/α,β-unsaturated/α-hetero) is 1. The van der Waals surface area contributed by atoms with Crippen LogP contribution >= 0.6 is 0 Å². The maximum absolute atomic E-state index is 11.9. The van der Waals surface area contributed by atoms with Crippen LogP contribution in [0.5, 0.6) is 0 Å². The number of hydrogen-bond donors (Lipinski definition) is 1. The van der Waals surface area contributed by atoms with Crippen molar-refractivity contribution in [2.45, 2.75) is 45.1 Å². The average Bonchev–Trinajstić information content (AvgIpc) is 3.25. The molecule has 1 aliphatic carbocycles. The number of benzene rings is 2. The molecule has 2 heterocycles. The van der Waals surface area contributed by atoms with Crippen molar-refractivity contribution in [1.29, 1.82) is 0 Å². The van der Waals surface area contributed by atoms with Crippen LogP contribution in [0.1, 0.15) is 55.4 Å². The van der Waals surface area contributed by atoms with Crippen molar-refractivity contribution in [3.8, 4) is 11.4 Å². The number of ketones is 1. The summed E-state index contributed by atoms with van der Waals surface area (Å²) in [5.41, 5.74) is 4.02. The van der Waals surface area contributed by atoms with Gasteiger partial charge in [-0.1, -0.05) is 55.7 Å². The van der Waals surface area contributed by atoms with Gasteiger partial charge in [-0.3, -0.25) is 4.79 Å². The minimum Gasteiger partial charge on any atom is -0.338 e. The van der Waals surface area contributed by atoms with Gasteiger partial charge in [-0.2, -0.15) is 0 Å². The molecule has 4 aromatic rings. The molecule has 6 heteroatoms. The molecule has 0 atom stereocenters. The van der Waals surface area contributed by atoms with Crippen LogP contribution in [-0.2, 0) is 0 Å². The standard InChI is InChI=1S/C25H25N5O/c1-17(31)18-9-8-10-19(15-18)23-28-24(27-20-11-4-2-5-12-20)22-25(29-23)30(16-26-22)21-13-6-3-7-14-21/h2,4-5,8-12,15-16,21H,3,6-7,13-14H2,1H3,(H,27,28,29). The number of imidazole rings is 1. The summed E-state index contributed by atoms with van der Waals surface area (Å²) in [6.07, 6.45) is 7.96. The van der Waals surface area contributed by atoms with Gasteiger partial charge in [-0.15, -0.1) is 0 Å². The van der Waals surface area contributed by atoms with Gasteiger partial charge in [0.25, 0.3) is 0 Å². The molecule has 0 radical (unpaired) electrons. The van der Waals surface area contributed by atoms with Crippen LogP contribution in [-0.4, -0.2) is 25.3 Å². The Balaban J connectivity index is 1.66. The molecule has 31 heavy (non-hydrogen) atoms. The molecule has 1 fully saturated rings. The van der Waals surface area contributed by atoms with Gasteiger partial charge in [0.1, 0.15) is 0 Å². The number of fused-ring (bicyclic) bond motifs is 1. The van der Waals surface area contributed by atoms with Crippen molar-refractivity contribution >= 4 is 28.5 Å². The lowest BCUT2D eigenvalue weighted by molar-refractivity contribution is 0.101. The van der Waals surface area contributed by atoms with E-state index in [9.17, 15) is 4.79 Å². The summed E-state index contributed by atoms with van der Waals surface area (Å²) in [6.45, 7) is 1.57. The van der Waals surface area contributed by atoms with Crippen LogP contribution in [0.25, 0.3) is 22.6 Å². The maximum Gasteiger partial charge on any atom is 0.166 e. The van der Waals surface area contributed by atoms with E-state index < -0.39 is 0 Å². The highest BCUT2D eigenvalue weighted by molar-refractivity contribution is 5.95. The van der Waals surface area contributed by atoms with Crippen molar-refractivity contribution in [2.75, 3.05) is 5.32 Å². The van der Waals surface area contributed by atoms with Crippen molar-refractivity contribution < 1.29 is 4.79 Å². The predicted octanol–water partition coefficient (Wildman–Crippen LogP) is 5.94. The Kier molecular flexibility index (Phi) is 5.20. The maximum atomic E-state index is 11.9. The Labute approximate surface area is 181 Å². The molecule has 2 aromatic heterocycles. The van der Waals surface area contributed by atoms with E-state index in [1.54, 1.807) is 6.92 Å². The lowest BCUT2D eigenvalue weighted by Gasteiger charge is -2.23. The van der Waals surface area contributed by atoms with Crippen LogP contribution in [0.4, 0.5) is 11.5 Å². The first kappa shape index (κ1) is 19.4. The first-order valence-electron chi connectivity index (χ1n) is 10.9. The number of carbonyl (C=O) groups excluding carboxylic acids is 1. The molecular formula is C25H25N5O. The third-order valence-corrected chi connectivity index (χ3v) is 5.95. The molecule has 0 unspecified atom stereocenters. The molecule has 0 spiro atoms. The molecule has 156 valence electrons. The number of rotatable bonds is 5. The third kappa shape index (κ3) is 3.93. The van der Waals surface area contributed by atoms with Gasteiger partial charge >= 0.3 is 0 Å².